The molecule has 1 atom stereocenters. The number of amides is 1. The number of hydrogen-bond donors (Lipinski definition) is 0. The van der Waals surface area contributed by atoms with E-state index in [1.165, 1.54) is 0 Å². The number of morpholine rings is 1. The maximum atomic E-state index is 12.9. The summed E-state index contributed by atoms with van der Waals surface area (Å²) in [6, 6.07) is 1.99. The van der Waals surface area contributed by atoms with Crippen molar-refractivity contribution in [2.75, 3.05) is 19.7 Å². The first-order chi connectivity index (χ1) is 12.1. The van der Waals surface area contributed by atoms with E-state index in [9.17, 15) is 4.79 Å². The van der Waals surface area contributed by atoms with Crippen LogP contribution in [0.25, 0.3) is 0 Å². The molecule has 0 radical (unpaired) electrons. The molecular formula is C18H24N4O3. The molecule has 1 amide bonds. The van der Waals surface area contributed by atoms with E-state index in [1.54, 1.807) is 13.3 Å². The van der Waals surface area contributed by atoms with Gasteiger partial charge in [-0.3, -0.25) is 4.79 Å². The van der Waals surface area contributed by atoms with Gasteiger partial charge in [-0.15, -0.1) is 0 Å². The van der Waals surface area contributed by atoms with Crippen LogP contribution in [-0.4, -0.2) is 51.7 Å². The van der Waals surface area contributed by atoms with Crippen molar-refractivity contribution in [1.29, 1.82) is 0 Å². The summed E-state index contributed by atoms with van der Waals surface area (Å²) in [5.41, 5.74) is 3.29. The molecule has 0 N–H and O–H groups in total. The van der Waals surface area contributed by atoms with Gasteiger partial charge in [0.15, 0.2) is 0 Å². The summed E-state index contributed by atoms with van der Waals surface area (Å²) in [4.78, 5) is 23.1. The Labute approximate surface area is 147 Å². The van der Waals surface area contributed by atoms with Gasteiger partial charge in [0.05, 0.1) is 18.4 Å². The second kappa shape index (κ2) is 7.74. The highest BCUT2D eigenvalue weighted by atomic mass is 16.5. The molecule has 2 aromatic rings. The zero-order valence-electron chi connectivity index (χ0n) is 15.0. The third kappa shape index (κ3) is 4.04. The molecule has 0 saturated carbocycles. The first-order valence-electron chi connectivity index (χ1n) is 8.72. The lowest BCUT2D eigenvalue weighted by molar-refractivity contribution is -0.0247. The van der Waals surface area contributed by atoms with E-state index < -0.39 is 0 Å². The molecule has 0 aliphatic carbocycles. The van der Waals surface area contributed by atoms with E-state index in [0.29, 0.717) is 37.4 Å². The second-order valence-corrected chi connectivity index (χ2v) is 6.35. The Kier molecular flexibility index (Phi) is 5.43. The lowest BCUT2D eigenvalue weighted by Gasteiger charge is -2.33. The maximum absolute atomic E-state index is 12.9. The van der Waals surface area contributed by atoms with Crippen LogP contribution in [0.2, 0.25) is 0 Å². The van der Waals surface area contributed by atoms with Crippen molar-refractivity contribution in [3.63, 3.8) is 0 Å². The normalized spacial score (nSPS) is 17.7. The smallest absolute Gasteiger partial charge is 0.259 e. The fraction of sp³-hybridized carbons (Fsp3) is 0.556. The van der Waals surface area contributed by atoms with Gasteiger partial charge in [0, 0.05) is 24.5 Å². The van der Waals surface area contributed by atoms with Gasteiger partial charge in [-0.05, 0) is 39.2 Å². The van der Waals surface area contributed by atoms with Gasteiger partial charge in [0.1, 0.15) is 17.7 Å². The first kappa shape index (κ1) is 17.5. The average molecular weight is 344 g/mol. The quantitative estimate of drug-likeness (QED) is 0.826. The SMILES string of the molecule is CCc1noc(C)c1C(=O)N1CCO[C@H](CCc2cc(C)ncn2)C1. The van der Waals surface area contributed by atoms with Crippen LogP contribution in [-0.2, 0) is 17.6 Å². The molecule has 1 fully saturated rings. The Balaban J connectivity index is 1.62. The highest BCUT2D eigenvalue weighted by Gasteiger charge is 2.29. The van der Waals surface area contributed by atoms with E-state index >= 15 is 0 Å². The zero-order valence-corrected chi connectivity index (χ0v) is 15.0. The predicted octanol–water partition coefficient (Wildman–Crippen LogP) is 2.12. The van der Waals surface area contributed by atoms with Gasteiger partial charge in [0.25, 0.3) is 5.91 Å². The van der Waals surface area contributed by atoms with E-state index in [0.717, 1.165) is 29.9 Å². The monoisotopic (exact) mass is 344 g/mol. The molecule has 25 heavy (non-hydrogen) atoms. The topological polar surface area (TPSA) is 81.4 Å². The van der Waals surface area contributed by atoms with Crippen LogP contribution in [0.3, 0.4) is 0 Å². The molecule has 1 aliphatic heterocycles. The Morgan fingerprint density at radius 3 is 2.96 bits per heavy atom. The molecule has 7 heteroatoms. The van der Waals surface area contributed by atoms with Crippen LogP contribution in [0.4, 0.5) is 0 Å². The lowest BCUT2D eigenvalue weighted by Crippen LogP contribution is -2.46. The number of nitrogens with zero attached hydrogens (tertiary/aromatic N) is 4. The molecule has 1 aliphatic rings. The summed E-state index contributed by atoms with van der Waals surface area (Å²) < 4.78 is 11.0. The molecular weight excluding hydrogens is 320 g/mol. The fourth-order valence-electron chi connectivity index (χ4n) is 3.13. The molecule has 3 heterocycles. The minimum Gasteiger partial charge on any atom is -0.375 e. The summed E-state index contributed by atoms with van der Waals surface area (Å²) >= 11 is 0. The second-order valence-electron chi connectivity index (χ2n) is 6.35. The van der Waals surface area contributed by atoms with E-state index in [2.05, 4.69) is 15.1 Å². The van der Waals surface area contributed by atoms with Gasteiger partial charge in [-0.25, -0.2) is 9.97 Å². The highest BCUT2D eigenvalue weighted by Crippen LogP contribution is 2.19. The van der Waals surface area contributed by atoms with Crippen LogP contribution in [0.1, 0.15) is 46.5 Å². The predicted molar refractivity (Wildman–Crippen MR) is 91.4 cm³/mol. The molecule has 0 unspecified atom stereocenters. The van der Waals surface area contributed by atoms with Crippen molar-refractivity contribution >= 4 is 5.91 Å². The van der Waals surface area contributed by atoms with Crippen LogP contribution in [0, 0.1) is 13.8 Å². The van der Waals surface area contributed by atoms with Crippen LogP contribution in [0.5, 0.6) is 0 Å². The maximum Gasteiger partial charge on any atom is 0.259 e. The lowest BCUT2D eigenvalue weighted by atomic mass is 10.1. The molecule has 0 bridgehead atoms. The number of carbonyl (C=O) groups is 1. The number of rotatable bonds is 5. The van der Waals surface area contributed by atoms with Crippen molar-refractivity contribution in [1.82, 2.24) is 20.0 Å². The Morgan fingerprint density at radius 1 is 1.36 bits per heavy atom. The minimum atomic E-state index is -0.0122. The van der Waals surface area contributed by atoms with Crippen molar-refractivity contribution in [2.24, 2.45) is 0 Å². The fourth-order valence-corrected chi connectivity index (χ4v) is 3.13. The molecule has 3 rings (SSSR count). The number of carbonyl (C=O) groups excluding carboxylic acids is 1. The van der Waals surface area contributed by atoms with Gasteiger partial charge in [-0.2, -0.15) is 0 Å². The van der Waals surface area contributed by atoms with E-state index in [4.69, 9.17) is 9.26 Å². The van der Waals surface area contributed by atoms with Crippen LogP contribution < -0.4 is 0 Å². The third-order valence-corrected chi connectivity index (χ3v) is 4.49. The van der Waals surface area contributed by atoms with E-state index in [1.807, 2.05) is 24.8 Å². The summed E-state index contributed by atoms with van der Waals surface area (Å²) in [5.74, 6) is 0.572. The number of ether oxygens (including phenoxy) is 1. The van der Waals surface area contributed by atoms with E-state index in [-0.39, 0.29) is 12.0 Å². The number of hydrogen-bond acceptors (Lipinski definition) is 6. The molecule has 2 aromatic heterocycles. The largest absolute Gasteiger partial charge is 0.375 e. The molecule has 7 nitrogen and oxygen atoms in total. The van der Waals surface area contributed by atoms with Crippen molar-refractivity contribution in [3.8, 4) is 0 Å². The first-order valence-corrected chi connectivity index (χ1v) is 8.72. The molecule has 1 saturated heterocycles. The summed E-state index contributed by atoms with van der Waals surface area (Å²) in [6.07, 6.45) is 3.91. The number of aryl methyl sites for hydroxylation is 4. The number of aromatic nitrogens is 3. The molecule has 0 aromatic carbocycles. The Bertz CT molecular complexity index is 744. The van der Waals surface area contributed by atoms with Crippen LogP contribution in [0.15, 0.2) is 16.9 Å². The van der Waals surface area contributed by atoms with Gasteiger partial charge in [0.2, 0.25) is 0 Å². The summed E-state index contributed by atoms with van der Waals surface area (Å²) in [5, 5.41) is 3.99. The zero-order chi connectivity index (χ0) is 17.8. The average Bonchev–Trinajstić information content (AvgIpc) is 3.00. The van der Waals surface area contributed by atoms with Gasteiger partial charge < -0.3 is 14.2 Å². The standard InChI is InChI=1S/C18H24N4O3/c1-4-16-17(13(3)25-21-16)18(23)22-7-8-24-15(10-22)6-5-14-9-12(2)19-11-20-14/h9,11,15H,4-8,10H2,1-3H3/t15-/m1/s1. The van der Waals surface area contributed by atoms with Crippen LogP contribution >= 0.6 is 0 Å². The Morgan fingerprint density at radius 2 is 2.20 bits per heavy atom. The highest BCUT2D eigenvalue weighted by molar-refractivity contribution is 5.96. The minimum absolute atomic E-state index is 0.0122. The molecule has 134 valence electrons. The van der Waals surface area contributed by atoms with Crippen molar-refractivity contribution in [2.45, 2.75) is 46.1 Å². The Hall–Kier alpha value is -2.28. The van der Waals surface area contributed by atoms with Crippen molar-refractivity contribution in [3.05, 3.63) is 40.8 Å². The van der Waals surface area contributed by atoms with Crippen molar-refractivity contribution < 1.29 is 14.1 Å². The summed E-state index contributed by atoms with van der Waals surface area (Å²) in [6.45, 7) is 7.43. The molecule has 0 spiro atoms. The van der Waals surface area contributed by atoms with Gasteiger partial charge >= 0.3 is 0 Å². The van der Waals surface area contributed by atoms with Gasteiger partial charge in [-0.1, -0.05) is 12.1 Å². The third-order valence-electron chi connectivity index (χ3n) is 4.49. The summed E-state index contributed by atoms with van der Waals surface area (Å²) in [7, 11) is 0.